The molecule has 1 N–H and O–H groups in total. The van der Waals surface area contributed by atoms with E-state index in [1.807, 2.05) is 19.1 Å². The Morgan fingerprint density at radius 1 is 1.10 bits per heavy atom. The number of ether oxygens (including phenoxy) is 3. The summed E-state index contributed by atoms with van der Waals surface area (Å²) in [6.07, 6.45) is 9.31. The second kappa shape index (κ2) is 8.03. The zero-order chi connectivity index (χ0) is 22.3. The average molecular weight is 429 g/mol. The number of carbonyl (C=O) groups is 1. The van der Waals surface area contributed by atoms with Crippen LogP contribution in [0.25, 0.3) is 0 Å². The largest absolute Gasteiger partial charge is 0.493 e. The van der Waals surface area contributed by atoms with Gasteiger partial charge in [-0.3, -0.25) is 4.79 Å². The minimum atomic E-state index is -0.270. The van der Waals surface area contributed by atoms with Crippen molar-refractivity contribution in [3.8, 4) is 17.2 Å². The fourth-order valence-corrected chi connectivity index (χ4v) is 7.31. The molecule has 5 rings (SSSR count). The van der Waals surface area contributed by atoms with Gasteiger partial charge in [0.25, 0.3) is 0 Å². The van der Waals surface area contributed by atoms with Crippen molar-refractivity contribution in [2.75, 3.05) is 20.8 Å². The highest BCUT2D eigenvalue weighted by Gasteiger charge is 2.62. The Hall–Kier alpha value is -2.24. The van der Waals surface area contributed by atoms with Crippen LogP contribution in [0, 0.1) is 22.2 Å². The first kappa shape index (κ1) is 22.0. The Morgan fingerprint density at radius 2 is 1.71 bits per heavy atom. The molecule has 0 heterocycles. The van der Waals surface area contributed by atoms with Crippen molar-refractivity contribution < 1.29 is 19.0 Å². The van der Waals surface area contributed by atoms with Crippen molar-refractivity contribution >= 4 is 12.1 Å². The quantitative estimate of drug-likeness (QED) is 0.470. The molecule has 0 spiro atoms. The van der Waals surface area contributed by atoms with Crippen LogP contribution in [0.3, 0.4) is 0 Å². The fraction of sp³-hybridized carbons (Fsp3) is 0.680. The van der Waals surface area contributed by atoms with E-state index in [9.17, 15) is 4.79 Å². The molecular formula is C25H36N2O4. The summed E-state index contributed by atoms with van der Waals surface area (Å²) in [5, 5.41) is 4.31. The van der Waals surface area contributed by atoms with Gasteiger partial charge in [-0.25, -0.2) is 5.43 Å². The zero-order valence-electron chi connectivity index (χ0n) is 19.5. The number of methoxy groups -OCH3 is 2. The lowest BCUT2D eigenvalue weighted by Crippen LogP contribution is -2.59. The van der Waals surface area contributed by atoms with Crippen LogP contribution in [-0.2, 0) is 4.79 Å². The van der Waals surface area contributed by atoms with Gasteiger partial charge in [0.1, 0.15) is 0 Å². The summed E-state index contributed by atoms with van der Waals surface area (Å²) in [6, 6.07) is 3.69. The van der Waals surface area contributed by atoms with Gasteiger partial charge in [-0.2, -0.15) is 5.10 Å². The third-order valence-corrected chi connectivity index (χ3v) is 7.42. The molecule has 4 aliphatic carbocycles. The van der Waals surface area contributed by atoms with E-state index in [2.05, 4.69) is 24.4 Å². The van der Waals surface area contributed by atoms with Gasteiger partial charge >= 0.3 is 0 Å². The predicted octanol–water partition coefficient (Wildman–Crippen LogP) is 4.94. The maximum Gasteiger partial charge on any atom is 0.246 e. The molecule has 0 aliphatic heterocycles. The molecule has 4 fully saturated rings. The molecule has 1 amide bonds. The van der Waals surface area contributed by atoms with Crippen LogP contribution in [0.15, 0.2) is 17.2 Å². The first-order valence-electron chi connectivity index (χ1n) is 11.5. The van der Waals surface area contributed by atoms with E-state index in [0.717, 1.165) is 31.2 Å². The summed E-state index contributed by atoms with van der Waals surface area (Å²) in [6.45, 7) is 7.38. The minimum Gasteiger partial charge on any atom is -0.493 e. The summed E-state index contributed by atoms with van der Waals surface area (Å²) in [5.74, 6) is 2.51. The summed E-state index contributed by atoms with van der Waals surface area (Å²) in [7, 11) is 3.20. The number of hydrazone groups is 1. The molecule has 4 aliphatic rings. The minimum absolute atomic E-state index is 0.0760. The highest BCUT2D eigenvalue weighted by molar-refractivity contribution is 5.87. The maximum absolute atomic E-state index is 13.3. The van der Waals surface area contributed by atoms with Crippen LogP contribution >= 0.6 is 0 Å². The molecular weight excluding hydrogens is 392 g/mol. The Morgan fingerprint density at radius 3 is 2.23 bits per heavy atom. The van der Waals surface area contributed by atoms with Crippen LogP contribution in [0.2, 0.25) is 0 Å². The van der Waals surface area contributed by atoms with E-state index in [4.69, 9.17) is 14.2 Å². The maximum atomic E-state index is 13.3. The van der Waals surface area contributed by atoms with Crippen molar-refractivity contribution in [1.82, 2.24) is 5.43 Å². The first-order chi connectivity index (χ1) is 14.7. The number of hydrogen-bond acceptors (Lipinski definition) is 5. The lowest BCUT2D eigenvalue weighted by molar-refractivity contribution is -0.170. The highest BCUT2D eigenvalue weighted by Crippen LogP contribution is 2.69. The molecule has 4 saturated carbocycles. The Kier molecular flexibility index (Phi) is 5.69. The lowest BCUT2D eigenvalue weighted by Gasteiger charge is -2.64. The van der Waals surface area contributed by atoms with Crippen LogP contribution in [0.4, 0.5) is 0 Å². The number of benzene rings is 1. The second-order valence-corrected chi connectivity index (χ2v) is 10.7. The Labute approximate surface area is 185 Å². The second-order valence-electron chi connectivity index (χ2n) is 10.7. The predicted molar refractivity (Wildman–Crippen MR) is 121 cm³/mol. The van der Waals surface area contributed by atoms with Gasteiger partial charge in [-0.1, -0.05) is 20.8 Å². The summed E-state index contributed by atoms with van der Waals surface area (Å²) >= 11 is 0. The number of hydrogen-bond donors (Lipinski definition) is 1. The zero-order valence-corrected chi connectivity index (χ0v) is 19.5. The van der Waals surface area contributed by atoms with Gasteiger partial charge in [-0.05, 0) is 73.8 Å². The average Bonchev–Trinajstić information content (AvgIpc) is 2.69. The van der Waals surface area contributed by atoms with E-state index in [1.54, 1.807) is 20.4 Å². The molecule has 170 valence electrons. The molecule has 1 aromatic rings. The van der Waals surface area contributed by atoms with Crippen molar-refractivity contribution in [2.24, 2.45) is 27.3 Å². The number of amides is 1. The number of nitrogens with one attached hydrogen (secondary N) is 1. The lowest BCUT2D eigenvalue weighted by atomic mass is 9.40. The molecule has 6 nitrogen and oxygen atoms in total. The van der Waals surface area contributed by atoms with E-state index in [-0.39, 0.29) is 11.3 Å². The van der Waals surface area contributed by atoms with Gasteiger partial charge in [0.2, 0.25) is 11.7 Å². The molecule has 1 aromatic carbocycles. The third-order valence-electron chi connectivity index (χ3n) is 7.42. The molecule has 0 radical (unpaired) electrons. The monoisotopic (exact) mass is 428 g/mol. The van der Waals surface area contributed by atoms with Gasteiger partial charge < -0.3 is 14.2 Å². The molecule has 2 unspecified atom stereocenters. The van der Waals surface area contributed by atoms with E-state index in [1.165, 1.54) is 19.3 Å². The highest BCUT2D eigenvalue weighted by atomic mass is 16.5. The SMILES string of the molecule is CCCOc1c(OC)cc(/C=N/NC(=O)C23CC4CC(C)(CC(C)(C4)C2)C3)cc1OC. The molecule has 2 atom stereocenters. The molecule has 0 saturated heterocycles. The van der Waals surface area contributed by atoms with E-state index >= 15 is 0 Å². The van der Waals surface area contributed by atoms with Crippen LogP contribution in [0.5, 0.6) is 17.2 Å². The first-order valence-corrected chi connectivity index (χ1v) is 11.5. The van der Waals surface area contributed by atoms with Crippen LogP contribution < -0.4 is 19.6 Å². The summed E-state index contributed by atoms with van der Waals surface area (Å²) in [5.41, 5.74) is 3.97. The standard InChI is InChI=1S/C25H36N2O4/c1-6-7-31-21-19(29-4)8-17(9-20(21)30-5)13-26-27-22(28)25-12-18-10-23(2,15-25)14-24(3,11-18)16-25/h8-9,13,18H,6-7,10-12,14-16H2,1-5H3,(H,27,28)/b26-13+. The normalized spacial score (nSPS) is 33.5. The van der Waals surface area contributed by atoms with Crippen molar-refractivity contribution in [3.63, 3.8) is 0 Å². The van der Waals surface area contributed by atoms with Crippen LogP contribution in [-0.4, -0.2) is 32.9 Å². The summed E-state index contributed by atoms with van der Waals surface area (Å²) in [4.78, 5) is 13.3. The fourth-order valence-electron chi connectivity index (χ4n) is 7.31. The molecule has 0 aromatic heterocycles. The van der Waals surface area contributed by atoms with Crippen molar-refractivity contribution in [1.29, 1.82) is 0 Å². The topological polar surface area (TPSA) is 69.2 Å². The third kappa shape index (κ3) is 4.13. The van der Waals surface area contributed by atoms with Gasteiger partial charge in [0.15, 0.2) is 11.5 Å². The summed E-state index contributed by atoms with van der Waals surface area (Å²) < 4.78 is 16.8. The number of carbonyl (C=O) groups excluding carboxylic acids is 1. The molecule has 4 bridgehead atoms. The number of rotatable bonds is 8. The van der Waals surface area contributed by atoms with E-state index in [0.29, 0.717) is 40.6 Å². The van der Waals surface area contributed by atoms with Gasteiger partial charge in [-0.15, -0.1) is 0 Å². The van der Waals surface area contributed by atoms with Crippen LogP contribution in [0.1, 0.15) is 71.3 Å². The number of nitrogens with zero attached hydrogens (tertiary/aromatic N) is 1. The molecule has 31 heavy (non-hydrogen) atoms. The van der Waals surface area contributed by atoms with Crippen molar-refractivity contribution in [2.45, 2.75) is 65.7 Å². The van der Waals surface area contributed by atoms with E-state index < -0.39 is 0 Å². The van der Waals surface area contributed by atoms with Gasteiger partial charge in [0.05, 0.1) is 32.5 Å². The Balaban J connectivity index is 1.49. The molecule has 6 heteroatoms. The van der Waals surface area contributed by atoms with Crippen molar-refractivity contribution in [3.05, 3.63) is 17.7 Å². The Bertz CT molecular complexity index is 837. The smallest absolute Gasteiger partial charge is 0.246 e. The van der Waals surface area contributed by atoms with Gasteiger partial charge in [0, 0.05) is 5.56 Å².